The first-order valence-corrected chi connectivity index (χ1v) is 18.0. The number of unbranched alkanes of at least 4 members (excludes halogenated alkanes) is 4. The highest BCUT2D eigenvalue weighted by atomic mass is 28.5. The third-order valence-electron chi connectivity index (χ3n) is 5.49. The molecule has 0 atom stereocenters. The largest absolute Gasteiger partial charge is 0.508 e. The van der Waals surface area contributed by atoms with Crippen LogP contribution >= 0.6 is 0 Å². The second-order valence-electron chi connectivity index (χ2n) is 9.05. The molecule has 0 rings (SSSR count). The van der Waals surface area contributed by atoms with E-state index in [-0.39, 0.29) is 5.16 Å². The SMILES string of the molecule is CCCCCCCC([Si](OCCC)(OCCC)OCCC)[Si](OCCC)(OCCC)OCCC. The summed E-state index contributed by atoms with van der Waals surface area (Å²) in [5.74, 6) is 0. The van der Waals surface area contributed by atoms with Gasteiger partial charge in [0.15, 0.2) is 0 Å². The summed E-state index contributed by atoms with van der Waals surface area (Å²) in [7, 11) is -6.31. The van der Waals surface area contributed by atoms with E-state index in [0.29, 0.717) is 39.6 Å². The summed E-state index contributed by atoms with van der Waals surface area (Å²) in [4.78, 5) is 0. The zero-order valence-corrected chi connectivity index (χ0v) is 25.8. The first-order valence-electron chi connectivity index (χ1n) is 14.4. The first-order chi connectivity index (χ1) is 16.6. The van der Waals surface area contributed by atoms with Gasteiger partial charge in [0.05, 0.1) is 5.16 Å². The monoisotopic (exact) mass is 522 g/mol. The lowest BCUT2D eigenvalue weighted by molar-refractivity contribution is 0.0203. The maximum Gasteiger partial charge on any atom is 0.508 e. The average Bonchev–Trinajstić information content (AvgIpc) is 2.86. The van der Waals surface area contributed by atoms with Crippen molar-refractivity contribution in [1.82, 2.24) is 0 Å². The highest BCUT2D eigenvalue weighted by Gasteiger charge is 2.65. The smallest absolute Gasteiger partial charge is 0.373 e. The number of hydrogen-bond donors (Lipinski definition) is 0. The fourth-order valence-electron chi connectivity index (χ4n) is 3.84. The molecular formula is C26H58O6Si2. The Hall–Kier alpha value is 0.194. The van der Waals surface area contributed by atoms with Crippen molar-refractivity contribution in [3.63, 3.8) is 0 Å². The van der Waals surface area contributed by atoms with E-state index < -0.39 is 17.6 Å². The van der Waals surface area contributed by atoms with E-state index in [9.17, 15) is 0 Å². The van der Waals surface area contributed by atoms with E-state index in [1.165, 1.54) is 25.7 Å². The second-order valence-corrected chi connectivity index (χ2v) is 15.2. The molecule has 206 valence electrons. The van der Waals surface area contributed by atoms with Crippen molar-refractivity contribution in [2.45, 2.75) is 131 Å². The van der Waals surface area contributed by atoms with Crippen molar-refractivity contribution in [3.05, 3.63) is 0 Å². The van der Waals surface area contributed by atoms with Crippen LogP contribution in [-0.4, -0.2) is 57.3 Å². The van der Waals surface area contributed by atoms with Crippen LogP contribution < -0.4 is 0 Å². The van der Waals surface area contributed by atoms with Crippen molar-refractivity contribution in [1.29, 1.82) is 0 Å². The maximum atomic E-state index is 6.66. The van der Waals surface area contributed by atoms with Gasteiger partial charge >= 0.3 is 17.6 Å². The highest BCUT2D eigenvalue weighted by molar-refractivity contribution is 6.82. The molecule has 0 saturated carbocycles. The van der Waals surface area contributed by atoms with Gasteiger partial charge in [-0.15, -0.1) is 0 Å². The van der Waals surface area contributed by atoms with Gasteiger partial charge in [-0.1, -0.05) is 80.6 Å². The minimum Gasteiger partial charge on any atom is -0.373 e. The van der Waals surface area contributed by atoms with Gasteiger partial charge in [0.1, 0.15) is 0 Å². The molecule has 0 N–H and O–H groups in total. The van der Waals surface area contributed by atoms with Crippen molar-refractivity contribution in [3.8, 4) is 0 Å². The summed E-state index contributed by atoms with van der Waals surface area (Å²) in [6, 6.07) is 0. The molecule has 0 heterocycles. The van der Waals surface area contributed by atoms with Gasteiger partial charge in [-0.25, -0.2) is 0 Å². The van der Waals surface area contributed by atoms with Crippen LogP contribution in [0.1, 0.15) is 126 Å². The molecule has 0 fully saturated rings. The van der Waals surface area contributed by atoms with Crippen LogP contribution in [0.3, 0.4) is 0 Å². The molecule has 0 amide bonds. The van der Waals surface area contributed by atoms with Crippen LogP contribution in [-0.2, 0) is 26.6 Å². The van der Waals surface area contributed by atoms with Gasteiger partial charge in [0.2, 0.25) is 0 Å². The molecule has 0 aliphatic carbocycles. The lowest BCUT2D eigenvalue weighted by Gasteiger charge is -2.43. The summed E-state index contributed by atoms with van der Waals surface area (Å²) in [5, 5.41) is -0.101. The van der Waals surface area contributed by atoms with Gasteiger partial charge in [-0.2, -0.15) is 0 Å². The molecule has 0 aliphatic rings. The third kappa shape index (κ3) is 12.9. The summed E-state index contributed by atoms with van der Waals surface area (Å²) in [6.07, 6.45) is 12.4. The van der Waals surface area contributed by atoms with Crippen LogP contribution in [0.15, 0.2) is 0 Å². The standard InChI is InChI=1S/C26H58O6Si2/c1-8-15-16-17-18-19-26(33(27-20-9-2,28-21-10-3)29-22-11-4)34(30-23-12-5,31-24-13-6)32-25-14-7/h26H,8-25H2,1-7H3. The van der Waals surface area contributed by atoms with E-state index in [4.69, 9.17) is 26.6 Å². The summed E-state index contributed by atoms with van der Waals surface area (Å²) in [5.41, 5.74) is 0. The minimum atomic E-state index is -3.16. The zero-order valence-electron chi connectivity index (χ0n) is 23.8. The normalized spacial score (nSPS) is 12.7. The zero-order chi connectivity index (χ0) is 25.5. The third-order valence-corrected chi connectivity index (χ3v) is 13.5. The molecule has 0 saturated heterocycles. The molecule has 0 spiro atoms. The first kappa shape index (κ1) is 34.2. The summed E-state index contributed by atoms with van der Waals surface area (Å²) >= 11 is 0. The van der Waals surface area contributed by atoms with Crippen LogP contribution in [0.4, 0.5) is 0 Å². The molecule has 34 heavy (non-hydrogen) atoms. The van der Waals surface area contributed by atoms with E-state index in [2.05, 4.69) is 48.5 Å². The van der Waals surface area contributed by atoms with Crippen LogP contribution in [0, 0.1) is 0 Å². The van der Waals surface area contributed by atoms with E-state index in [1.54, 1.807) is 0 Å². The molecule has 8 heteroatoms. The Labute approximate surface area is 214 Å². The Kier molecular flexibility index (Phi) is 22.5. The molecule has 0 aromatic carbocycles. The van der Waals surface area contributed by atoms with Gasteiger partial charge in [0, 0.05) is 39.6 Å². The van der Waals surface area contributed by atoms with E-state index in [1.807, 2.05) is 0 Å². The molecule has 0 aliphatic heterocycles. The fraction of sp³-hybridized carbons (Fsp3) is 1.00. The minimum absolute atomic E-state index is 0.101. The average molecular weight is 523 g/mol. The quantitative estimate of drug-likeness (QED) is 0.0857. The molecule has 0 aromatic heterocycles. The molecule has 0 bridgehead atoms. The Morgan fingerprint density at radius 3 is 0.941 bits per heavy atom. The van der Waals surface area contributed by atoms with Gasteiger partial charge < -0.3 is 26.6 Å². The predicted molar refractivity (Wildman–Crippen MR) is 146 cm³/mol. The summed E-state index contributed by atoms with van der Waals surface area (Å²) < 4.78 is 40.0. The molecule has 0 radical (unpaired) electrons. The van der Waals surface area contributed by atoms with E-state index in [0.717, 1.165) is 51.4 Å². The Bertz CT molecular complexity index is 366. The van der Waals surface area contributed by atoms with Crippen molar-refractivity contribution >= 4 is 17.6 Å². The van der Waals surface area contributed by atoms with Crippen molar-refractivity contribution < 1.29 is 26.6 Å². The Morgan fingerprint density at radius 1 is 0.382 bits per heavy atom. The van der Waals surface area contributed by atoms with Crippen LogP contribution in [0.25, 0.3) is 0 Å². The predicted octanol–water partition coefficient (Wildman–Crippen LogP) is 7.69. The maximum absolute atomic E-state index is 6.66. The van der Waals surface area contributed by atoms with Crippen LogP contribution in [0.2, 0.25) is 5.16 Å². The Morgan fingerprint density at radius 2 is 0.676 bits per heavy atom. The van der Waals surface area contributed by atoms with E-state index >= 15 is 0 Å². The molecule has 6 nitrogen and oxygen atoms in total. The molecular weight excluding hydrogens is 464 g/mol. The second kappa shape index (κ2) is 22.4. The fourth-order valence-corrected chi connectivity index (χ4v) is 12.8. The lowest BCUT2D eigenvalue weighted by Crippen LogP contribution is -2.64. The number of hydrogen-bond acceptors (Lipinski definition) is 6. The Balaban J connectivity index is 6.46. The highest BCUT2D eigenvalue weighted by Crippen LogP contribution is 2.41. The molecule has 0 aromatic rings. The lowest BCUT2D eigenvalue weighted by atomic mass is 10.1. The summed E-state index contributed by atoms with van der Waals surface area (Å²) in [6.45, 7) is 18.8. The van der Waals surface area contributed by atoms with Crippen molar-refractivity contribution in [2.24, 2.45) is 0 Å². The topological polar surface area (TPSA) is 55.4 Å². The van der Waals surface area contributed by atoms with Gasteiger partial charge in [0.25, 0.3) is 0 Å². The van der Waals surface area contributed by atoms with Gasteiger partial charge in [-0.05, 0) is 44.9 Å². The van der Waals surface area contributed by atoms with Gasteiger partial charge in [-0.3, -0.25) is 0 Å². The van der Waals surface area contributed by atoms with Crippen LogP contribution in [0.5, 0.6) is 0 Å². The molecule has 0 unspecified atom stereocenters. The van der Waals surface area contributed by atoms with Crippen molar-refractivity contribution in [2.75, 3.05) is 39.6 Å². The number of rotatable bonds is 26.